The van der Waals surface area contributed by atoms with E-state index in [0.717, 1.165) is 34.4 Å². The van der Waals surface area contributed by atoms with Gasteiger partial charge in [-0.05, 0) is 66.6 Å². The summed E-state index contributed by atoms with van der Waals surface area (Å²) >= 11 is 6.26. The number of benzene rings is 3. The Morgan fingerprint density at radius 2 is 1.81 bits per heavy atom. The Labute approximate surface area is 214 Å². The highest BCUT2D eigenvalue weighted by Gasteiger charge is 2.36. The van der Waals surface area contributed by atoms with Crippen molar-refractivity contribution in [1.29, 1.82) is 0 Å². The highest BCUT2D eigenvalue weighted by atomic mass is 32.2. The molecule has 36 heavy (non-hydrogen) atoms. The van der Waals surface area contributed by atoms with Gasteiger partial charge in [-0.25, -0.2) is 0 Å². The maximum atomic E-state index is 13.1. The van der Waals surface area contributed by atoms with Crippen LogP contribution >= 0.6 is 24.0 Å². The molecule has 0 atom stereocenters. The summed E-state index contributed by atoms with van der Waals surface area (Å²) in [6.07, 6.45) is -2.93. The van der Waals surface area contributed by atoms with Crippen LogP contribution in [0.3, 0.4) is 0 Å². The summed E-state index contributed by atoms with van der Waals surface area (Å²) in [5.41, 5.74) is 1.57. The summed E-state index contributed by atoms with van der Waals surface area (Å²) in [6.45, 7) is 1.75. The van der Waals surface area contributed by atoms with E-state index in [1.54, 1.807) is 36.4 Å². The lowest BCUT2D eigenvalue weighted by molar-refractivity contribution is -0.137. The number of carbonyl (C=O) groups excluding carboxylic acids is 2. The van der Waals surface area contributed by atoms with E-state index in [9.17, 15) is 22.8 Å². The molecule has 0 saturated carbocycles. The topological polar surface area (TPSA) is 58.6 Å². The van der Waals surface area contributed by atoms with E-state index in [2.05, 4.69) is 5.32 Å². The Morgan fingerprint density at radius 3 is 2.50 bits per heavy atom. The minimum absolute atomic E-state index is 0.0587. The predicted octanol–water partition coefficient (Wildman–Crippen LogP) is 6.44. The lowest BCUT2D eigenvalue weighted by atomic mass is 10.1. The summed E-state index contributed by atoms with van der Waals surface area (Å²) in [7, 11) is 0. The van der Waals surface area contributed by atoms with E-state index in [0.29, 0.717) is 17.0 Å². The maximum absolute atomic E-state index is 13.1. The fraction of sp³-hybridized carbons (Fsp3) is 0.115. The van der Waals surface area contributed by atoms with E-state index >= 15 is 0 Å². The van der Waals surface area contributed by atoms with Gasteiger partial charge in [-0.1, -0.05) is 54.3 Å². The number of alkyl halides is 3. The molecule has 1 aliphatic rings. The van der Waals surface area contributed by atoms with Crippen LogP contribution in [-0.4, -0.2) is 22.7 Å². The molecular weight excluding hydrogens is 509 g/mol. The van der Waals surface area contributed by atoms with Crippen LogP contribution in [0.2, 0.25) is 0 Å². The first-order chi connectivity index (χ1) is 17.1. The van der Waals surface area contributed by atoms with Gasteiger partial charge in [0.15, 0.2) is 10.9 Å². The molecule has 1 N–H and O–H groups in total. The number of nitrogens with one attached hydrogen (secondary N) is 1. The van der Waals surface area contributed by atoms with E-state index in [-0.39, 0.29) is 27.4 Å². The molecule has 5 nitrogen and oxygen atoms in total. The van der Waals surface area contributed by atoms with Gasteiger partial charge in [-0.2, -0.15) is 13.2 Å². The fourth-order valence-corrected chi connectivity index (χ4v) is 4.69. The standard InChI is InChI=1S/C26H19F3N2O3S2/c1-16-4-2-6-19(12-16)30-23(32)15-34-21-10-8-17(9-11-21)13-22-24(33)31(25(35)36-22)20-7-3-5-18(14-20)26(27,28)29/h2-14H,15H2,1H3,(H,30,32)/b22-13-. The third-order valence-electron chi connectivity index (χ3n) is 5.08. The lowest BCUT2D eigenvalue weighted by Crippen LogP contribution is -2.27. The summed E-state index contributed by atoms with van der Waals surface area (Å²) in [5, 5.41) is 2.76. The van der Waals surface area contributed by atoms with Crippen molar-refractivity contribution in [3.8, 4) is 5.75 Å². The zero-order chi connectivity index (χ0) is 25.9. The number of carbonyl (C=O) groups is 2. The first-order valence-corrected chi connectivity index (χ1v) is 11.9. The summed E-state index contributed by atoms with van der Waals surface area (Å²) in [4.78, 5) is 26.4. The number of halogens is 3. The van der Waals surface area contributed by atoms with Crippen LogP contribution in [0.15, 0.2) is 77.7 Å². The molecular formula is C26H19F3N2O3S2. The predicted molar refractivity (Wildman–Crippen MR) is 139 cm³/mol. The average Bonchev–Trinajstić information content (AvgIpc) is 3.10. The van der Waals surface area contributed by atoms with Gasteiger partial charge in [-0.15, -0.1) is 0 Å². The molecule has 0 bridgehead atoms. The highest BCUT2D eigenvalue weighted by molar-refractivity contribution is 8.27. The molecule has 0 aliphatic carbocycles. The number of ether oxygens (including phenoxy) is 1. The number of thioether (sulfide) groups is 1. The Bertz CT molecular complexity index is 1360. The van der Waals surface area contributed by atoms with E-state index < -0.39 is 17.6 Å². The molecule has 4 rings (SSSR count). The molecule has 10 heteroatoms. The Kier molecular flexibility index (Phi) is 7.46. The summed E-state index contributed by atoms with van der Waals surface area (Å²) < 4.78 is 44.9. The minimum atomic E-state index is -4.53. The third kappa shape index (κ3) is 6.13. The van der Waals surface area contributed by atoms with Gasteiger partial charge >= 0.3 is 6.18 Å². The van der Waals surface area contributed by atoms with Crippen molar-refractivity contribution >= 4 is 57.6 Å². The van der Waals surface area contributed by atoms with Crippen LogP contribution in [0.4, 0.5) is 24.5 Å². The molecule has 1 aliphatic heterocycles. The Hall–Kier alpha value is -3.63. The average molecular weight is 529 g/mol. The van der Waals surface area contributed by atoms with Gasteiger partial charge in [0.1, 0.15) is 5.75 Å². The van der Waals surface area contributed by atoms with Gasteiger partial charge in [-0.3, -0.25) is 14.5 Å². The molecule has 0 spiro atoms. The number of hydrogen-bond acceptors (Lipinski definition) is 5. The maximum Gasteiger partial charge on any atom is 0.416 e. The zero-order valence-corrected chi connectivity index (χ0v) is 20.5. The number of nitrogens with zero attached hydrogens (tertiary/aromatic N) is 1. The monoisotopic (exact) mass is 528 g/mol. The Balaban J connectivity index is 1.40. The number of rotatable bonds is 6. The van der Waals surface area contributed by atoms with Crippen molar-refractivity contribution < 1.29 is 27.5 Å². The molecule has 1 fully saturated rings. The van der Waals surface area contributed by atoms with Crippen LogP contribution < -0.4 is 15.0 Å². The van der Waals surface area contributed by atoms with E-state index in [1.807, 2.05) is 25.1 Å². The molecule has 0 unspecified atom stereocenters. The molecule has 3 aromatic rings. The molecule has 2 amide bonds. The van der Waals surface area contributed by atoms with Gasteiger partial charge in [0.2, 0.25) is 0 Å². The molecule has 3 aromatic carbocycles. The second kappa shape index (κ2) is 10.5. The normalized spacial score (nSPS) is 14.9. The lowest BCUT2D eigenvalue weighted by Gasteiger charge is -2.16. The van der Waals surface area contributed by atoms with Crippen molar-refractivity contribution in [3.63, 3.8) is 0 Å². The second-order valence-electron chi connectivity index (χ2n) is 7.84. The number of amides is 2. The second-order valence-corrected chi connectivity index (χ2v) is 9.52. The van der Waals surface area contributed by atoms with Crippen LogP contribution in [0, 0.1) is 6.92 Å². The van der Waals surface area contributed by atoms with E-state index in [1.165, 1.54) is 12.1 Å². The largest absolute Gasteiger partial charge is 0.484 e. The van der Waals surface area contributed by atoms with Crippen molar-refractivity contribution in [3.05, 3.63) is 94.4 Å². The van der Waals surface area contributed by atoms with Crippen LogP contribution in [0.25, 0.3) is 6.08 Å². The van der Waals surface area contributed by atoms with Crippen LogP contribution in [-0.2, 0) is 15.8 Å². The highest BCUT2D eigenvalue weighted by Crippen LogP contribution is 2.38. The number of anilines is 2. The molecule has 0 radical (unpaired) electrons. The van der Waals surface area contributed by atoms with Crippen LogP contribution in [0.1, 0.15) is 16.7 Å². The Morgan fingerprint density at radius 1 is 1.08 bits per heavy atom. The van der Waals surface area contributed by atoms with Crippen molar-refractivity contribution in [2.75, 3.05) is 16.8 Å². The van der Waals surface area contributed by atoms with Gasteiger partial charge in [0.25, 0.3) is 11.8 Å². The minimum Gasteiger partial charge on any atom is -0.484 e. The van der Waals surface area contributed by atoms with Gasteiger partial charge < -0.3 is 10.1 Å². The van der Waals surface area contributed by atoms with Crippen LogP contribution in [0.5, 0.6) is 5.75 Å². The first-order valence-electron chi connectivity index (χ1n) is 10.6. The number of aryl methyl sites for hydroxylation is 1. The van der Waals surface area contributed by atoms with Gasteiger partial charge in [0.05, 0.1) is 16.2 Å². The fourth-order valence-electron chi connectivity index (χ4n) is 3.39. The molecule has 184 valence electrons. The SMILES string of the molecule is Cc1cccc(NC(=O)COc2ccc(/C=C3\SC(=S)N(c4cccc(C(F)(F)F)c4)C3=O)cc2)c1. The molecule has 0 aromatic heterocycles. The molecule has 1 heterocycles. The third-order valence-corrected chi connectivity index (χ3v) is 6.38. The number of thiocarbonyl (C=S) groups is 1. The molecule has 1 saturated heterocycles. The van der Waals surface area contributed by atoms with Gasteiger partial charge in [0, 0.05) is 5.69 Å². The first kappa shape index (κ1) is 25.5. The summed E-state index contributed by atoms with van der Waals surface area (Å²) in [5.74, 6) is -0.344. The van der Waals surface area contributed by atoms with Crippen molar-refractivity contribution in [2.24, 2.45) is 0 Å². The van der Waals surface area contributed by atoms with Crippen molar-refractivity contribution in [1.82, 2.24) is 0 Å². The van der Waals surface area contributed by atoms with E-state index in [4.69, 9.17) is 17.0 Å². The quantitative estimate of drug-likeness (QED) is 0.295. The van der Waals surface area contributed by atoms with Crippen molar-refractivity contribution in [2.45, 2.75) is 13.1 Å². The smallest absolute Gasteiger partial charge is 0.416 e. The number of hydrogen-bond donors (Lipinski definition) is 1. The summed E-state index contributed by atoms with van der Waals surface area (Å²) in [6, 6.07) is 18.6. The zero-order valence-electron chi connectivity index (χ0n) is 18.8.